The fourth-order valence-electron chi connectivity index (χ4n) is 2.04. The van der Waals surface area contributed by atoms with Crippen molar-refractivity contribution in [3.63, 3.8) is 0 Å². The Morgan fingerprint density at radius 1 is 1.30 bits per heavy atom. The molecule has 0 amide bonds. The normalized spacial score (nSPS) is 14.5. The average Bonchev–Trinajstić information content (AvgIpc) is 3.20. The summed E-state index contributed by atoms with van der Waals surface area (Å²) in [6.45, 7) is 3.61. The van der Waals surface area contributed by atoms with Gasteiger partial charge in [0.25, 0.3) is 0 Å². The highest BCUT2D eigenvalue weighted by atomic mass is 32.1. The molecule has 2 nitrogen and oxygen atoms in total. The molecule has 0 bridgehead atoms. The molecule has 0 saturated heterocycles. The molecule has 0 aliphatic heterocycles. The van der Waals surface area contributed by atoms with Gasteiger partial charge < -0.3 is 10.1 Å². The molecular formula is C16H18FNOS. The van der Waals surface area contributed by atoms with Gasteiger partial charge in [0.1, 0.15) is 18.2 Å². The minimum atomic E-state index is -0.238. The molecule has 4 heteroatoms. The van der Waals surface area contributed by atoms with E-state index in [9.17, 15) is 4.39 Å². The molecule has 1 aliphatic rings. The Balaban J connectivity index is 1.57. The number of ether oxygens (including phenoxy) is 1. The van der Waals surface area contributed by atoms with Gasteiger partial charge in [-0.3, -0.25) is 0 Å². The van der Waals surface area contributed by atoms with E-state index >= 15 is 0 Å². The summed E-state index contributed by atoms with van der Waals surface area (Å²) in [5.74, 6) is 0.465. The lowest BCUT2D eigenvalue weighted by Gasteiger charge is -2.05. The van der Waals surface area contributed by atoms with Crippen molar-refractivity contribution in [1.82, 2.24) is 5.32 Å². The number of rotatable bonds is 6. The average molecular weight is 291 g/mol. The number of hydrogen-bond acceptors (Lipinski definition) is 3. The minimum Gasteiger partial charge on any atom is -0.489 e. The molecule has 20 heavy (non-hydrogen) atoms. The Morgan fingerprint density at radius 2 is 2.05 bits per heavy atom. The van der Waals surface area contributed by atoms with Gasteiger partial charge in [0.05, 0.1) is 0 Å². The summed E-state index contributed by atoms with van der Waals surface area (Å²) < 4.78 is 18.5. The number of halogens is 1. The van der Waals surface area contributed by atoms with Crippen LogP contribution in [0.3, 0.4) is 0 Å². The molecular weight excluding hydrogens is 273 g/mol. The molecule has 1 heterocycles. The molecule has 1 aromatic heterocycles. The van der Waals surface area contributed by atoms with Crippen LogP contribution in [-0.4, -0.2) is 6.04 Å². The van der Waals surface area contributed by atoms with Gasteiger partial charge in [-0.1, -0.05) is 0 Å². The van der Waals surface area contributed by atoms with E-state index in [2.05, 4.69) is 18.3 Å². The van der Waals surface area contributed by atoms with E-state index in [4.69, 9.17) is 4.74 Å². The number of benzene rings is 1. The Morgan fingerprint density at radius 3 is 2.75 bits per heavy atom. The Kier molecular flexibility index (Phi) is 4.03. The van der Waals surface area contributed by atoms with Crippen LogP contribution in [0.5, 0.6) is 5.75 Å². The number of nitrogens with one attached hydrogen (secondary N) is 1. The smallest absolute Gasteiger partial charge is 0.123 e. The predicted molar refractivity (Wildman–Crippen MR) is 79.6 cm³/mol. The van der Waals surface area contributed by atoms with Crippen LogP contribution in [0.4, 0.5) is 4.39 Å². The summed E-state index contributed by atoms with van der Waals surface area (Å²) in [4.78, 5) is 2.65. The second kappa shape index (κ2) is 5.94. The zero-order chi connectivity index (χ0) is 13.9. The quantitative estimate of drug-likeness (QED) is 0.867. The SMILES string of the molecule is Cc1sc(CNC2CC2)cc1COc1ccc(F)cc1. The van der Waals surface area contributed by atoms with Gasteiger partial charge >= 0.3 is 0 Å². The lowest BCUT2D eigenvalue weighted by molar-refractivity contribution is 0.305. The second-order valence-corrected chi connectivity index (χ2v) is 6.53. The van der Waals surface area contributed by atoms with Crippen LogP contribution in [0.15, 0.2) is 30.3 Å². The zero-order valence-corrected chi connectivity index (χ0v) is 12.3. The largest absolute Gasteiger partial charge is 0.489 e. The van der Waals surface area contributed by atoms with Gasteiger partial charge in [-0.15, -0.1) is 11.3 Å². The monoisotopic (exact) mass is 291 g/mol. The molecule has 0 unspecified atom stereocenters. The van der Waals surface area contributed by atoms with Crippen molar-refractivity contribution in [3.05, 3.63) is 51.5 Å². The molecule has 0 radical (unpaired) electrons. The lowest BCUT2D eigenvalue weighted by Crippen LogP contribution is -2.14. The van der Waals surface area contributed by atoms with Crippen LogP contribution in [0.2, 0.25) is 0 Å². The van der Waals surface area contributed by atoms with Crippen LogP contribution in [0.25, 0.3) is 0 Å². The molecule has 1 N–H and O–H groups in total. The van der Waals surface area contributed by atoms with Gasteiger partial charge in [-0.05, 0) is 50.1 Å². The Bertz CT molecular complexity index is 575. The fraction of sp³-hybridized carbons (Fsp3) is 0.375. The van der Waals surface area contributed by atoms with Gasteiger partial charge in [0.2, 0.25) is 0 Å². The van der Waals surface area contributed by atoms with Gasteiger partial charge in [-0.25, -0.2) is 4.39 Å². The van der Waals surface area contributed by atoms with E-state index in [0.29, 0.717) is 12.4 Å². The first-order valence-corrected chi connectivity index (χ1v) is 7.72. The van der Waals surface area contributed by atoms with E-state index in [-0.39, 0.29) is 5.82 Å². The van der Waals surface area contributed by atoms with E-state index < -0.39 is 0 Å². The van der Waals surface area contributed by atoms with Crippen molar-refractivity contribution in [1.29, 1.82) is 0 Å². The first-order valence-electron chi connectivity index (χ1n) is 6.90. The van der Waals surface area contributed by atoms with E-state index in [1.54, 1.807) is 12.1 Å². The van der Waals surface area contributed by atoms with E-state index in [1.165, 1.54) is 40.3 Å². The standard InChI is InChI=1S/C16H18FNOS/c1-11-12(8-16(20-11)9-18-14-4-5-14)10-19-15-6-2-13(17)3-7-15/h2-3,6-8,14,18H,4-5,9-10H2,1H3. The lowest BCUT2D eigenvalue weighted by atomic mass is 10.2. The van der Waals surface area contributed by atoms with Crippen LogP contribution in [0, 0.1) is 12.7 Å². The molecule has 106 valence electrons. The zero-order valence-electron chi connectivity index (χ0n) is 11.5. The third-order valence-electron chi connectivity index (χ3n) is 3.42. The molecule has 0 spiro atoms. The maximum atomic E-state index is 12.8. The van der Waals surface area contributed by atoms with E-state index in [0.717, 1.165) is 12.6 Å². The highest BCUT2D eigenvalue weighted by molar-refractivity contribution is 7.12. The maximum Gasteiger partial charge on any atom is 0.123 e. The predicted octanol–water partition coefficient (Wildman–Crippen LogP) is 4.03. The summed E-state index contributed by atoms with van der Waals surface area (Å²) in [5.41, 5.74) is 1.21. The minimum absolute atomic E-state index is 0.238. The van der Waals surface area contributed by atoms with Crippen molar-refractivity contribution in [2.24, 2.45) is 0 Å². The van der Waals surface area contributed by atoms with Crippen LogP contribution in [0.1, 0.15) is 28.2 Å². The molecule has 1 fully saturated rings. The molecule has 1 saturated carbocycles. The summed E-state index contributed by atoms with van der Waals surface area (Å²) in [7, 11) is 0. The van der Waals surface area contributed by atoms with E-state index in [1.807, 2.05) is 11.3 Å². The van der Waals surface area contributed by atoms with Crippen molar-refractivity contribution in [2.45, 2.75) is 39.0 Å². The third-order valence-corrected chi connectivity index (χ3v) is 4.51. The van der Waals surface area contributed by atoms with Crippen LogP contribution in [-0.2, 0) is 13.2 Å². The summed E-state index contributed by atoms with van der Waals surface area (Å²) >= 11 is 1.82. The van der Waals surface area contributed by atoms with Crippen LogP contribution >= 0.6 is 11.3 Å². The van der Waals surface area contributed by atoms with Crippen molar-refractivity contribution in [3.8, 4) is 5.75 Å². The first kappa shape index (κ1) is 13.6. The van der Waals surface area contributed by atoms with Gasteiger partial charge in [-0.2, -0.15) is 0 Å². The van der Waals surface area contributed by atoms with Gasteiger partial charge in [0.15, 0.2) is 0 Å². The Hall–Kier alpha value is -1.39. The summed E-state index contributed by atoms with van der Waals surface area (Å²) in [6, 6.07) is 9.09. The number of thiophene rings is 1. The highest BCUT2D eigenvalue weighted by Gasteiger charge is 2.20. The number of hydrogen-bond donors (Lipinski definition) is 1. The second-order valence-electron chi connectivity index (χ2n) is 5.19. The van der Waals surface area contributed by atoms with Crippen molar-refractivity contribution < 1.29 is 9.13 Å². The topological polar surface area (TPSA) is 21.3 Å². The van der Waals surface area contributed by atoms with Crippen LogP contribution < -0.4 is 10.1 Å². The Labute approximate surface area is 122 Å². The fourth-order valence-corrected chi connectivity index (χ4v) is 3.04. The maximum absolute atomic E-state index is 12.8. The van der Waals surface area contributed by atoms with Gasteiger partial charge in [0, 0.05) is 27.9 Å². The molecule has 1 aromatic carbocycles. The van der Waals surface area contributed by atoms with Crippen molar-refractivity contribution in [2.75, 3.05) is 0 Å². The first-order chi connectivity index (χ1) is 9.70. The summed E-state index contributed by atoms with van der Waals surface area (Å²) in [6.07, 6.45) is 2.62. The molecule has 1 aliphatic carbocycles. The number of aryl methyl sites for hydroxylation is 1. The molecule has 3 rings (SSSR count). The third kappa shape index (κ3) is 3.58. The highest BCUT2D eigenvalue weighted by Crippen LogP contribution is 2.25. The van der Waals surface area contributed by atoms with Crippen molar-refractivity contribution >= 4 is 11.3 Å². The molecule has 2 aromatic rings. The summed E-state index contributed by atoms with van der Waals surface area (Å²) in [5, 5.41) is 3.52. The molecule has 0 atom stereocenters.